The second-order valence-electron chi connectivity index (χ2n) is 12.3. The van der Waals surface area contributed by atoms with Crippen LogP contribution in [0.3, 0.4) is 0 Å². The van der Waals surface area contributed by atoms with Crippen LogP contribution in [0.1, 0.15) is 37.9 Å². The molecule has 1 aromatic carbocycles. The molecule has 0 radical (unpaired) electrons. The minimum Gasteiger partial charge on any atom is -0.490 e. The van der Waals surface area contributed by atoms with E-state index in [-0.39, 0.29) is 28.7 Å². The number of thiophene rings is 1. The average Bonchev–Trinajstić information content (AvgIpc) is 3.49. The highest BCUT2D eigenvalue weighted by atomic mass is 32.1. The van der Waals surface area contributed by atoms with Crippen LogP contribution in [0.5, 0.6) is 5.75 Å². The van der Waals surface area contributed by atoms with Crippen molar-refractivity contribution in [3.05, 3.63) is 71.4 Å². The van der Waals surface area contributed by atoms with E-state index < -0.39 is 11.6 Å². The molecule has 0 aliphatic carbocycles. The summed E-state index contributed by atoms with van der Waals surface area (Å²) in [5.41, 5.74) is 4.04. The average molecular weight is 617 g/mol. The number of halogens is 2. The van der Waals surface area contributed by atoms with Gasteiger partial charge in [0.2, 0.25) is 5.91 Å². The number of aromatic nitrogens is 2. The topological polar surface area (TPSA) is 67.8 Å². The number of carbonyl (C=O) groups is 1. The molecule has 1 spiro atoms. The second-order valence-corrected chi connectivity index (χ2v) is 13.2. The Morgan fingerprint density at radius 3 is 2.66 bits per heavy atom. The summed E-state index contributed by atoms with van der Waals surface area (Å²) in [6.07, 6.45) is 5.46. The number of rotatable bonds is 6. The van der Waals surface area contributed by atoms with Crippen LogP contribution in [0, 0.1) is 17.0 Å². The molecular formula is C34H34F2N4O3S. The van der Waals surface area contributed by atoms with Gasteiger partial charge in [-0.2, -0.15) is 0 Å². The number of fused-ring (bicyclic) bond motifs is 2. The summed E-state index contributed by atoms with van der Waals surface area (Å²) in [6.45, 7) is 11.6. The van der Waals surface area contributed by atoms with E-state index in [1.165, 1.54) is 23.5 Å². The van der Waals surface area contributed by atoms with Gasteiger partial charge in [-0.3, -0.25) is 9.78 Å². The molecule has 10 heteroatoms. The molecule has 7 rings (SSSR count). The van der Waals surface area contributed by atoms with Gasteiger partial charge < -0.3 is 19.3 Å². The molecule has 3 aliphatic rings. The molecule has 7 nitrogen and oxygen atoms in total. The van der Waals surface area contributed by atoms with Crippen LogP contribution in [-0.2, 0) is 22.5 Å². The van der Waals surface area contributed by atoms with Crippen LogP contribution in [0.15, 0.2) is 48.5 Å². The maximum atomic E-state index is 16.0. The number of hydrogen-bond donors (Lipinski definition) is 0. The van der Waals surface area contributed by atoms with Crippen LogP contribution >= 0.6 is 11.3 Å². The first-order chi connectivity index (χ1) is 21.2. The molecule has 3 aromatic heterocycles. The van der Waals surface area contributed by atoms with E-state index in [9.17, 15) is 9.18 Å². The van der Waals surface area contributed by atoms with E-state index in [1.807, 2.05) is 31.4 Å². The zero-order valence-electron chi connectivity index (χ0n) is 24.9. The van der Waals surface area contributed by atoms with E-state index in [4.69, 9.17) is 19.4 Å². The van der Waals surface area contributed by atoms with Crippen LogP contribution in [0.4, 0.5) is 14.6 Å². The third kappa shape index (κ3) is 5.03. The van der Waals surface area contributed by atoms with Gasteiger partial charge in [0.25, 0.3) is 0 Å². The molecule has 0 bridgehead atoms. The molecular weight excluding hydrogens is 582 g/mol. The first-order valence-corrected chi connectivity index (χ1v) is 15.9. The van der Waals surface area contributed by atoms with Gasteiger partial charge in [0.15, 0.2) is 0 Å². The summed E-state index contributed by atoms with van der Waals surface area (Å²) in [4.78, 5) is 26.6. The van der Waals surface area contributed by atoms with E-state index in [0.29, 0.717) is 36.3 Å². The standard InChI is InChI=1S/C34H34F2N4O3S/c1-4-28(41)40-9-5-26-22(17-40)13-21(16-37-26)31-30(29-25(36)14-23(35)15-27(29)43-20(2)3)32-24(6-12-44-32)33(38-31)39-10-7-34(8-11-39)18-42-19-34/h4,6,12-16,20H,1,5,7-11,17-19H2,2-3H3. The Kier molecular flexibility index (Phi) is 7.37. The number of anilines is 1. The third-order valence-corrected chi connectivity index (χ3v) is 9.89. The van der Waals surface area contributed by atoms with Gasteiger partial charge in [-0.15, -0.1) is 11.3 Å². The lowest BCUT2D eigenvalue weighted by molar-refractivity contribution is -0.126. The highest BCUT2D eigenvalue weighted by molar-refractivity contribution is 7.18. The molecule has 2 fully saturated rings. The number of carbonyl (C=O) groups excluding carboxylic acids is 1. The lowest BCUT2D eigenvalue weighted by Gasteiger charge is -2.47. The Labute approximate surface area is 259 Å². The molecule has 2 saturated heterocycles. The van der Waals surface area contributed by atoms with Crippen LogP contribution in [0.2, 0.25) is 0 Å². The van der Waals surface area contributed by atoms with Crippen LogP contribution in [-0.4, -0.2) is 59.7 Å². The van der Waals surface area contributed by atoms with Crippen molar-refractivity contribution in [2.24, 2.45) is 5.41 Å². The summed E-state index contributed by atoms with van der Waals surface area (Å²) in [7, 11) is 0. The molecule has 0 N–H and O–H groups in total. The van der Waals surface area contributed by atoms with Gasteiger partial charge in [-0.05, 0) is 55.8 Å². The van der Waals surface area contributed by atoms with Crippen molar-refractivity contribution < 1.29 is 23.0 Å². The van der Waals surface area contributed by atoms with Gasteiger partial charge in [0.05, 0.1) is 30.6 Å². The summed E-state index contributed by atoms with van der Waals surface area (Å²) >= 11 is 1.50. The van der Waals surface area contributed by atoms with Crippen molar-refractivity contribution in [2.75, 3.05) is 37.7 Å². The third-order valence-electron chi connectivity index (χ3n) is 8.96. The quantitative estimate of drug-likeness (QED) is 0.223. The lowest BCUT2D eigenvalue weighted by atomic mass is 9.77. The lowest BCUT2D eigenvalue weighted by Crippen LogP contribution is -2.51. The van der Waals surface area contributed by atoms with Gasteiger partial charge >= 0.3 is 0 Å². The Morgan fingerprint density at radius 1 is 1.16 bits per heavy atom. The Hall–Kier alpha value is -3.89. The maximum absolute atomic E-state index is 16.0. The summed E-state index contributed by atoms with van der Waals surface area (Å²) in [5.74, 6) is -0.595. The predicted octanol–water partition coefficient (Wildman–Crippen LogP) is 6.78. The zero-order valence-corrected chi connectivity index (χ0v) is 25.7. The molecule has 0 unspecified atom stereocenters. The fourth-order valence-corrected chi connectivity index (χ4v) is 7.52. The van der Waals surface area contributed by atoms with Gasteiger partial charge in [0, 0.05) is 83.3 Å². The SMILES string of the molecule is C=CC(=O)N1CCc2ncc(-c3nc(N4CCC5(CC4)COC5)c4ccsc4c3-c3c(F)cc(F)cc3OC(C)C)cc2C1. The molecule has 6 heterocycles. The van der Waals surface area contributed by atoms with Gasteiger partial charge in [-0.1, -0.05) is 6.58 Å². The molecule has 3 aliphatic heterocycles. The molecule has 0 atom stereocenters. The first kappa shape index (κ1) is 28.9. The van der Waals surface area contributed by atoms with E-state index in [0.717, 1.165) is 72.4 Å². The zero-order chi connectivity index (χ0) is 30.6. The van der Waals surface area contributed by atoms with Gasteiger partial charge in [0.1, 0.15) is 23.2 Å². The minimum atomic E-state index is -0.718. The fourth-order valence-electron chi connectivity index (χ4n) is 6.58. The monoisotopic (exact) mass is 616 g/mol. The van der Waals surface area contributed by atoms with E-state index in [2.05, 4.69) is 11.5 Å². The number of nitrogens with zero attached hydrogens (tertiary/aromatic N) is 4. The largest absolute Gasteiger partial charge is 0.490 e. The van der Waals surface area contributed by atoms with Crippen molar-refractivity contribution in [1.82, 2.24) is 14.9 Å². The highest BCUT2D eigenvalue weighted by Crippen LogP contribution is 2.48. The predicted molar refractivity (Wildman–Crippen MR) is 168 cm³/mol. The van der Waals surface area contributed by atoms with Crippen LogP contribution in [0.25, 0.3) is 32.5 Å². The minimum absolute atomic E-state index is 0.126. The van der Waals surface area contributed by atoms with Crippen molar-refractivity contribution in [1.29, 1.82) is 0 Å². The van der Waals surface area contributed by atoms with E-state index >= 15 is 4.39 Å². The number of benzene rings is 1. The number of hydrogen-bond acceptors (Lipinski definition) is 7. The fraction of sp³-hybridized carbons (Fsp3) is 0.382. The van der Waals surface area contributed by atoms with Crippen molar-refractivity contribution >= 4 is 33.1 Å². The Morgan fingerprint density at radius 2 is 1.95 bits per heavy atom. The number of amides is 1. The number of piperidine rings is 1. The molecule has 4 aromatic rings. The normalized spacial score (nSPS) is 17.6. The van der Waals surface area contributed by atoms with Crippen LogP contribution < -0.4 is 9.64 Å². The summed E-state index contributed by atoms with van der Waals surface area (Å²) < 4.78 is 43.0. The first-order valence-electron chi connectivity index (χ1n) is 15.0. The smallest absolute Gasteiger partial charge is 0.246 e. The molecule has 1 amide bonds. The maximum Gasteiger partial charge on any atom is 0.246 e. The molecule has 0 saturated carbocycles. The summed E-state index contributed by atoms with van der Waals surface area (Å²) in [6, 6.07) is 6.17. The highest BCUT2D eigenvalue weighted by Gasteiger charge is 2.42. The van der Waals surface area contributed by atoms with Crippen molar-refractivity contribution in [3.8, 4) is 28.1 Å². The summed E-state index contributed by atoms with van der Waals surface area (Å²) in [5, 5.41) is 2.91. The molecule has 228 valence electrons. The van der Waals surface area contributed by atoms with E-state index in [1.54, 1.807) is 11.1 Å². The van der Waals surface area contributed by atoms with Gasteiger partial charge in [-0.25, -0.2) is 13.8 Å². The van der Waals surface area contributed by atoms with Crippen molar-refractivity contribution in [3.63, 3.8) is 0 Å². The number of ether oxygens (including phenoxy) is 2. The Bertz CT molecular complexity index is 1770. The molecule has 44 heavy (non-hydrogen) atoms. The van der Waals surface area contributed by atoms with Crippen molar-refractivity contribution in [2.45, 2.75) is 45.8 Å². The second kappa shape index (κ2) is 11.2. The Balaban J connectivity index is 1.43. The number of pyridine rings is 2.